The molecule has 0 saturated carbocycles. The lowest BCUT2D eigenvalue weighted by Gasteiger charge is -2.12. The molecule has 0 aliphatic rings. The molecular formula is C26H27NO3. The maximum absolute atomic E-state index is 12.9. The standard InChI is InChI=1S/C26H27NO3/c1-19-9-10-20(2)25(17-19)30-16-15-27-26(28)24(22-7-5-4-6-8-22)18-21-11-13-23(29-3)14-12-21/h4-14,17-18H,15-16H2,1-3H3,(H,27,28)/b24-18+. The van der Waals surface area contributed by atoms with E-state index in [1.165, 1.54) is 0 Å². The third-order valence-corrected chi connectivity index (χ3v) is 4.75. The van der Waals surface area contributed by atoms with Crippen LogP contribution in [0.25, 0.3) is 11.6 Å². The van der Waals surface area contributed by atoms with E-state index in [9.17, 15) is 4.79 Å². The predicted octanol–water partition coefficient (Wildman–Crippen LogP) is 5.05. The van der Waals surface area contributed by atoms with E-state index in [4.69, 9.17) is 9.47 Å². The smallest absolute Gasteiger partial charge is 0.252 e. The zero-order chi connectivity index (χ0) is 21.3. The molecule has 3 aromatic rings. The summed E-state index contributed by atoms with van der Waals surface area (Å²) in [7, 11) is 1.63. The van der Waals surface area contributed by atoms with Gasteiger partial charge in [0.1, 0.15) is 18.1 Å². The van der Waals surface area contributed by atoms with E-state index in [1.54, 1.807) is 7.11 Å². The van der Waals surface area contributed by atoms with Gasteiger partial charge in [0.05, 0.1) is 13.7 Å². The van der Waals surface area contributed by atoms with Gasteiger partial charge in [-0.3, -0.25) is 4.79 Å². The van der Waals surface area contributed by atoms with Gasteiger partial charge in [0.2, 0.25) is 0 Å². The maximum Gasteiger partial charge on any atom is 0.252 e. The van der Waals surface area contributed by atoms with E-state index < -0.39 is 0 Å². The number of hydrogen-bond acceptors (Lipinski definition) is 3. The summed E-state index contributed by atoms with van der Waals surface area (Å²) >= 11 is 0. The Labute approximate surface area is 178 Å². The van der Waals surface area contributed by atoms with Crippen LogP contribution in [-0.2, 0) is 4.79 Å². The van der Waals surface area contributed by atoms with Gasteiger partial charge in [-0.2, -0.15) is 0 Å². The third-order valence-electron chi connectivity index (χ3n) is 4.75. The lowest BCUT2D eigenvalue weighted by Crippen LogP contribution is -2.28. The third kappa shape index (κ3) is 5.74. The number of rotatable bonds is 8. The monoisotopic (exact) mass is 401 g/mol. The SMILES string of the molecule is COc1ccc(/C=C(/C(=O)NCCOc2cc(C)ccc2C)c2ccccc2)cc1. The van der Waals surface area contributed by atoms with E-state index >= 15 is 0 Å². The molecular weight excluding hydrogens is 374 g/mol. The summed E-state index contributed by atoms with van der Waals surface area (Å²) in [5.41, 5.74) is 4.62. The molecule has 0 atom stereocenters. The molecule has 4 heteroatoms. The first-order valence-corrected chi connectivity index (χ1v) is 9.96. The highest BCUT2D eigenvalue weighted by atomic mass is 16.5. The van der Waals surface area contributed by atoms with Crippen molar-refractivity contribution in [1.82, 2.24) is 5.32 Å². The second-order valence-corrected chi connectivity index (χ2v) is 7.07. The van der Waals surface area contributed by atoms with Gasteiger partial charge in [0, 0.05) is 5.57 Å². The first-order valence-electron chi connectivity index (χ1n) is 9.96. The number of nitrogens with one attached hydrogen (secondary N) is 1. The van der Waals surface area contributed by atoms with Crippen molar-refractivity contribution in [2.24, 2.45) is 0 Å². The topological polar surface area (TPSA) is 47.6 Å². The van der Waals surface area contributed by atoms with Gasteiger partial charge in [-0.05, 0) is 60.4 Å². The van der Waals surface area contributed by atoms with Gasteiger partial charge in [-0.1, -0.05) is 54.6 Å². The molecule has 0 aliphatic heterocycles. The second kappa shape index (κ2) is 10.3. The summed E-state index contributed by atoms with van der Waals surface area (Å²) in [5, 5.41) is 2.97. The molecule has 0 aromatic heterocycles. The van der Waals surface area contributed by atoms with Crippen molar-refractivity contribution in [3.8, 4) is 11.5 Å². The lowest BCUT2D eigenvalue weighted by atomic mass is 10.0. The molecule has 0 spiro atoms. The fraction of sp³-hybridized carbons (Fsp3) is 0.192. The van der Waals surface area contributed by atoms with Crippen molar-refractivity contribution in [1.29, 1.82) is 0 Å². The number of ether oxygens (including phenoxy) is 2. The van der Waals surface area contributed by atoms with E-state index in [1.807, 2.05) is 86.7 Å². The Kier molecular flexibility index (Phi) is 7.28. The average Bonchev–Trinajstić information content (AvgIpc) is 2.78. The molecule has 3 aromatic carbocycles. The summed E-state index contributed by atoms with van der Waals surface area (Å²) in [6.45, 7) is 4.86. The molecule has 154 valence electrons. The van der Waals surface area contributed by atoms with Gasteiger partial charge >= 0.3 is 0 Å². The summed E-state index contributed by atoms with van der Waals surface area (Å²) in [4.78, 5) is 12.9. The molecule has 4 nitrogen and oxygen atoms in total. The first-order chi connectivity index (χ1) is 14.6. The zero-order valence-electron chi connectivity index (χ0n) is 17.6. The van der Waals surface area contributed by atoms with Crippen LogP contribution in [0.1, 0.15) is 22.3 Å². The molecule has 1 N–H and O–H groups in total. The number of carbonyl (C=O) groups excluding carboxylic acids is 1. The number of methoxy groups -OCH3 is 1. The van der Waals surface area contributed by atoms with Crippen LogP contribution in [0.5, 0.6) is 11.5 Å². The van der Waals surface area contributed by atoms with Crippen molar-refractivity contribution in [3.63, 3.8) is 0 Å². The van der Waals surface area contributed by atoms with E-state index in [2.05, 4.69) is 11.4 Å². The molecule has 0 heterocycles. The molecule has 1 amide bonds. The highest BCUT2D eigenvalue weighted by Gasteiger charge is 2.12. The number of hydrogen-bond donors (Lipinski definition) is 1. The van der Waals surface area contributed by atoms with Crippen LogP contribution in [0.15, 0.2) is 72.8 Å². The van der Waals surface area contributed by atoms with E-state index in [0.29, 0.717) is 18.7 Å². The van der Waals surface area contributed by atoms with Gasteiger partial charge in [0.15, 0.2) is 0 Å². The second-order valence-electron chi connectivity index (χ2n) is 7.07. The summed E-state index contributed by atoms with van der Waals surface area (Å²) in [6, 6.07) is 23.4. The van der Waals surface area contributed by atoms with Crippen LogP contribution in [0.3, 0.4) is 0 Å². The number of carbonyl (C=O) groups is 1. The average molecular weight is 402 g/mol. The summed E-state index contributed by atoms with van der Waals surface area (Å²) in [6.07, 6.45) is 1.88. The fourth-order valence-electron chi connectivity index (χ4n) is 3.05. The molecule has 0 aliphatic carbocycles. The Balaban J connectivity index is 1.69. The quantitative estimate of drug-likeness (QED) is 0.326. The molecule has 0 bridgehead atoms. The Morgan fingerprint density at radius 3 is 2.40 bits per heavy atom. The van der Waals surface area contributed by atoms with Crippen LogP contribution in [0.4, 0.5) is 0 Å². The minimum atomic E-state index is -0.137. The number of benzene rings is 3. The van der Waals surface area contributed by atoms with Crippen LogP contribution >= 0.6 is 0 Å². The normalized spacial score (nSPS) is 11.1. The van der Waals surface area contributed by atoms with Crippen molar-refractivity contribution in [2.75, 3.05) is 20.3 Å². The fourth-order valence-corrected chi connectivity index (χ4v) is 3.05. The number of aryl methyl sites for hydroxylation is 2. The van der Waals surface area contributed by atoms with E-state index in [0.717, 1.165) is 33.8 Å². The summed E-state index contributed by atoms with van der Waals surface area (Å²) < 4.78 is 11.1. The van der Waals surface area contributed by atoms with Crippen LogP contribution in [-0.4, -0.2) is 26.2 Å². The molecule has 0 fully saturated rings. The zero-order valence-corrected chi connectivity index (χ0v) is 17.6. The van der Waals surface area contributed by atoms with Gasteiger partial charge in [-0.15, -0.1) is 0 Å². The minimum absolute atomic E-state index is 0.137. The van der Waals surface area contributed by atoms with Crippen LogP contribution in [0.2, 0.25) is 0 Å². The van der Waals surface area contributed by atoms with Crippen molar-refractivity contribution in [2.45, 2.75) is 13.8 Å². The highest BCUT2D eigenvalue weighted by Crippen LogP contribution is 2.21. The molecule has 30 heavy (non-hydrogen) atoms. The minimum Gasteiger partial charge on any atom is -0.497 e. The van der Waals surface area contributed by atoms with Crippen LogP contribution < -0.4 is 14.8 Å². The summed E-state index contributed by atoms with van der Waals surface area (Å²) in [5.74, 6) is 1.49. The number of amides is 1. The lowest BCUT2D eigenvalue weighted by molar-refractivity contribution is -0.115. The Hall–Kier alpha value is -3.53. The predicted molar refractivity (Wildman–Crippen MR) is 122 cm³/mol. The van der Waals surface area contributed by atoms with Crippen LogP contribution in [0, 0.1) is 13.8 Å². The maximum atomic E-state index is 12.9. The van der Waals surface area contributed by atoms with Crippen molar-refractivity contribution >= 4 is 17.6 Å². The Bertz CT molecular complexity index is 1010. The van der Waals surface area contributed by atoms with Gasteiger partial charge < -0.3 is 14.8 Å². The highest BCUT2D eigenvalue weighted by molar-refractivity contribution is 6.24. The Morgan fingerprint density at radius 2 is 1.70 bits per heavy atom. The van der Waals surface area contributed by atoms with Crippen molar-refractivity contribution in [3.05, 3.63) is 95.1 Å². The molecule has 0 unspecified atom stereocenters. The first kappa shape index (κ1) is 21.2. The molecule has 3 rings (SSSR count). The Morgan fingerprint density at radius 1 is 0.967 bits per heavy atom. The van der Waals surface area contributed by atoms with Gasteiger partial charge in [0.25, 0.3) is 5.91 Å². The van der Waals surface area contributed by atoms with Crippen molar-refractivity contribution < 1.29 is 14.3 Å². The van der Waals surface area contributed by atoms with E-state index in [-0.39, 0.29) is 5.91 Å². The molecule has 0 radical (unpaired) electrons. The largest absolute Gasteiger partial charge is 0.497 e. The van der Waals surface area contributed by atoms with Gasteiger partial charge in [-0.25, -0.2) is 0 Å². The molecule has 0 saturated heterocycles.